The number of nitriles is 1. The number of carboxylic acids is 1. The Morgan fingerprint density at radius 1 is 1.69 bits per heavy atom. The van der Waals surface area contributed by atoms with Gasteiger partial charge in [-0.3, -0.25) is 4.79 Å². The highest BCUT2D eigenvalue weighted by Gasteiger charge is 2.20. The molecule has 1 N–H and O–H groups in total. The predicted octanol–water partition coefficient (Wildman–Crippen LogP) is 0.473. The van der Waals surface area contributed by atoms with Crippen LogP contribution < -0.4 is 0 Å². The van der Waals surface area contributed by atoms with Crippen molar-refractivity contribution < 1.29 is 19.4 Å². The number of carboxylic acid groups (broad SMARTS) is 1. The first-order chi connectivity index (χ1) is 5.99. The SMILES string of the molecule is C=C(C(=O)O)C(CC#N)OC(C)=O. The Morgan fingerprint density at radius 3 is 2.54 bits per heavy atom. The van der Waals surface area contributed by atoms with Crippen molar-refractivity contribution in [3.8, 4) is 6.07 Å². The van der Waals surface area contributed by atoms with E-state index in [0.29, 0.717) is 0 Å². The summed E-state index contributed by atoms with van der Waals surface area (Å²) in [7, 11) is 0. The Morgan fingerprint density at radius 2 is 2.23 bits per heavy atom. The van der Waals surface area contributed by atoms with Crippen molar-refractivity contribution in [2.75, 3.05) is 0 Å². The molecule has 0 spiro atoms. The first-order valence-corrected chi connectivity index (χ1v) is 3.45. The third-order valence-corrected chi connectivity index (χ3v) is 1.25. The highest BCUT2D eigenvalue weighted by Crippen LogP contribution is 2.09. The largest absolute Gasteiger partial charge is 0.478 e. The van der Waals surface area contributed by atoms with Gasteiger partial charge in [-0.2, -0.15) is 5.26 Å². The van der Waals surface area contributed by atoms with E-state index in [0.717, 1.165) is 6.92 Å². The van der Waals surface area contributed by atoms with Gasteiger partial charge in [0.2, 0.25) is 0 Å². The molecule has 0 aromatic rings. The van der Waals surface area contributed by atoms with E-state index in [1.165, 1.54) is 0 Å². The zero-order chi connectivity index (χ0) is 10.4. The molecule has 0 heterocycles. The summed E-state index contributed by atoms with van der Waals surface area (Å²) in [5.41, 5.74) is -0.295. The molecule has 0 amide bonds. The third kappa shape index (κ3) is 3.91. The van der Waals surface area contributed by atoms with E-state index in [2.05, 4.69) is 11.3 Å². The van der Waals surface area contributed by atoms with Gasteiger partial charge >= 0.3 is 11.9 Å². The molecule has 70 valence electrons. The molecular formula is C8H9NO4. The van der Waals surface area contributed by atoms with Crippen LogP contribution in [0.2, 0.25) is 0 Å². The number of ether oxygens (including phenoxy) is 1. The molecule has 1 atom stereocenters. The summed E-state index contributed by atoms with van der Waals surface area (Å²) in [6.45, 7) is 4.34. The maximum absolute atomic E-state index is 10.5. The molecule has 0 aliphatic carbocycles. The molecule has 0 rings (SSSR count). The zero-order valence-electron chi connectivity index (χ0n) is 7.11. The molecule has 1 unspecified atom stereocenters. The number of esters is 1. The van der Waals surface area contributed by atoms with Gasteiger partial charge in [0.15, 0.2) is 0 Å². The lowest BCUT2D eigenvalue weighted by atomic mass is 10.1. The van der Waals surface area contributed by atoms with Crippen molar-refractivity contribution in [2.45, 2.75) is 19.4 Å². The van der Waals surface area contributed by atoms with Gasteiger partial charge in [-0.15, -0.1) is 0 Å². The van der Waals surface area contributed by atoms with Crippen molar-refractivity contribution in [1.82, 2.24) is 0 Å². The van der Waals surface area contributed by atoms with E-state index in [-0.39, 0.29) is 12.0 Å². The molecular weight excluding hydrogens is 174 g/mol. The summed E-state index contributed by atoms with van der Waals surface area (Å²) >= 11 is 0. The second-order valence-corrected chi connectivity index (χ2v) is 2.29. The zero-order valence-corrected chi connectivity index (χ0v) is 7.11. The number of hydrogen-bond acceptors (Lipinski definition) is 4. The van der Waals surface area contributed by atoms with Gasteiger partial charge in [0, 0.05) is 6.92 Å². The Bertz CT molecular complexity index is 276. The van der Waals surface area contributed by atoms with E-state index in [1.54, 1.807) is 6.07 Å². The molecule has 0 saturated carbocycles. The first kappa shape index (κ1) is 11.2. The summed E-state index contributed by atoms with van der Waals surface area (Å²) in [6, 6.07) is 1.71. The van der Waals surface area contributed by atoms with Gasteiger partial charge in [-0.25, -0.2) is 4.79 Å². The Hall–Kier alpha value is -1.83. The van der Waals surface area contributed by atoms with Crippen LogP contribution in [0.25, 0.3) is 0 Å². The van der Waals surface area contributed by atoms with Crippen LogP contribution >= 0.6 is 0 Å². The average molecular weight is 183 g/mol. The van der Waals surface area contributed by atoms with Crippen molar-refractivity contribution >= 4 is 11.9 Å². The quantitative estimate of drug-likeness (QED) is 0.505. The minimum absolute atomic E-state index is 0.204. The Labute approximate surface area is 75.2 Å². The van der Waals surface area contributed by atoms with Crippen LogP contribution in [0.15, 0.2) is 12.2 Å². The fraction of sp³-hybridized carbons (Fsp3) is 0.375. The van der Waals surface area contributed by atoms with Crippen LogP contribution in [0.1, 0.15) is 13.3 Å². The van der Waals surface area contributed by atoms with Gasteiger partial charge in [0.05, 0.1) is 18.1 Å². The molecule has 0 aromatic carbocycles. The van der Waals surface area contributed by atoms with Gasteiger partial charge in [-0.05, 0) is 0 Å². The summed E-state index contributed by atoms with van der Waals surface area (Å²) < 4.78 is 4.57. The smallest absolute Gasteiger partial charge is 0.334 e. The van der Waals surface area contributed by atoms with Crippen molar-refractivity contribution in [2.24, 2.45) is 0 Å². The molecule has 0 aliphatic heterocycles. The summed E-state index contributed by atoms with van der Waals surface area (Å²) in [5.74, 6) is -1.91. The van der Waals surface area contributed by atoms with Crippen molar-refractivity contribution in [3.05, 3.63) is 12.2 Å². The fourth-order valence-electron chi connectivity index (χ4n) is 0.657. The van der Waals surface area contributed by atoms with E-state index in [1.807, 2.05) is 0 Å². The number of carbonyl (C=O) groups is 2. The molecule has 0 aliphatic rings. The van der Waals surface area contributed by atoms with Crippen LogP contribution in [0.3, 0.4) is 0 Å². The maximum Gasteiger partial charge on any atom is 0.334 e. The molecule has 0 saturated heterocycles. The van der Waals surface area contributed by atoms with E-state index < -0.39 is 18.0 Å². The molecule has 0 bridgehead atoms. The van der Waals surface area contributed by atoms with E-state index >= 15 is 0 Å². The lowest BCUT2D eigenvalue weighted by molar-refractivity contribution is -0.145. The minimum atomic E-state index is -1.28. The normalized spacial score (nSPS) is 11.1. The number of aliphatic carboxylic acids is 1. The van der Waals surface area contributed by atoms with E-state index in [4.69, 9.17) is 10.4 Å². The van der Waals surface area contributed by atoms with Crippen LogP contribution in [0.4, 0.5) is 0 Å². The Kier molecular flexibility index (Phi) is 4.24. The predicted molar refractivity (Wildman–Crippen MR) is 42.6 cm³/mol. The van der Waals surface area contributed by atoms with Crippen LogP contribution in [-0.4, -0.2) is 23.1 Å². The highest BCUT2D eigenvalue weighted by molar-refractivity contribution is 5.87. The minimum Gasteiger partial charge on any atom is -0.478 e. The molecule has 0 radical (unpaired) electrons. The first-order valence-electron chi connectivity index (χ1n) is 3.45. The lowest BCUT2D eigenvalue weighted by Crippen LogP contribution is -2.22. The van der Waals surface area contributed by atoms with Gasteiger partial charge in [0.25, 0.3) is 0 Å². The number of hydrogen-bond donors (Lipinski definition) is 1. The number of carbonyl (C=O) groups excluding carboxylic acids is 1. The summed E-state index contributed by atoms with van der Waals surface area (Å²) in [5, 5.41) is 16.8. The topological polar surface area (TPSA) is 87.4 Å². The van der Waals surface area contributed by atoms with Gasteiger partial charge in [-0.1, -0.05) is 6.58 Å². The molecule has 5 nitrogen and oxygen atoms in total. The second kappa shape index (κ2) is 4.93. The van der Waals surface area contributed by atoms with Crippen LogP contribution in [0, 0.1) is 11.3 Å². The van der Waals surface area contributed by atoms with Crippen LogP contribution in [0.5, 0.6) is 0 Å². The van der Waals surface area contributed by atoms with Crippen molar-refractivity contribution in [3.63, 3.8) is 0 Å². The third-order valence-electron chi connectivity index (χ3n) is 1.25. The van der Waals surface area contributed by atoms with Gasteiger partial charge in [0.1, 0.15) is 6.10 Å². The molecule has 13 heavy (non-hydrogen) atoms. The molecule has 0 aromatic heterocycles. The average Bonchev–Trinajstić information content (AvgIpc) is 2.01. The Balaban J connectivity index is 4.43. The lowest BCUT2D eigenvalue weighted by Gasteiger charge is -2.12. The fourth-order valence-corrected chi connectivity index (χ4v) is 0.657. The van der Waals surface area contributed by atoms with Crippen LogP contribution in [-0.2, 0) is 14.3 Å². The van der Waals surface area contributed by atoms with Crippen molar-refractivity contribution in [1.29, 1.82) is 5.26 Å². The molecule has 0 fully saturated rings. The second-order valence-electron chi connectivity index (χ2n) is 2.29. The summed E-state index contributed by atoms with van der Waals surface area (Å²) in [6.07, 6.45) is -1.26. The van der Waals surface area contributed by atoms with Gasteiger partial charge < -0.3 is 9.84 Å². The van der Waals surface area contributed by atoms with E-state index in [9.17, 15) is 9.59 Å². The number of nitrogens with zero attached hydrogens (tertiary/aromatic N) is 1. The monoisotopic (exact) mass is 183 g/mol. The molecule has 5 heteroatoms. The maximum atomic E-state index is 10.5. The summed E-state index contributed by atoms with van der Waals surface area (Å²) in [4.78, 5) is 20.9. The standard InChI is InChI=1S/C8H9NO4/c1-5(8(11)12)7(3-4-9)13-6(2)10/h7H,1,3H2,2H3,(H,11,12). The highest BCUT2D eigenvalue weighted by atomic mass is 16.5. The number of rotatable bonds is 4.